The van der Waals surface area contributed by atoms with E-state index in [0.717, 1.165) is 42.4 Å². The van der Waals surface area contributed by atoms with E-state index < -0.39 is 5.54 Å². The number of carbonyl (C=O) groups excluding carboxylic acids is 2. The summed E-state index contributed by atoms with van der Waals surface area (Å²) in [5.41, 5.74) is 1.51. The smallest absolute Gasteiger partial charge is 0.245 e. The second kappa shape index (κ2) is 9.84. The quantitative estimate of drug-likeness (QED) is 0.536. The van der Waals surface area contributed by atoms with Crippen molar-refractivity contribution < 1.29 is 14.7 Å². The monoisotopic (exact) mass is 444 g/mol. The summed E-state index contributed by atoms with van der Waals surface area (Å²) in [5.74, 6) is 0.133. The lowest BCUT2D eigenvalue weighted by molar-refractivity contribution is -0.133. The third-order valence-corrected chi connectivity index (χ3v) is 6.74. The van der Waals surface area contributed by atoms with E-state index in [4.69, 9.17) is 0 Å². The van der Waals surface area contributed by atoms with E-state index in [1.165, 1.54) is 0 Å². The summed E-state index contributed by atoms with van der Waals surface area (Å²) in [6, 6.07) is 4.27. The molecule has 2 rings (SSSR count). The average Bonchev–Trinajstić information content (AvgIpc) is 3.18. The first-order chi connectivity index (χ1) is 14.7. The van der Waals surface area contributed by atoms with Gasteiger partial charge in [-0.2, -0.15) is 0 Å². The molecule has 0 bridgehead atoms. The van der Waals surface area contributed by atoms with Crippen LogP contribution in [0.2, 0.25) is 0 Å². The molecular formula is C27H44N2O3. The molecule has 180 valence electrons. The molecule has 2 amide bonds. The van der Waals surface area contributed by atoms with Crippen LogP contribution in [0.1, 0.15) is 111 Å². The first-order valence-electron chi connectivity index (χ1n) is 12.2. The normalized spacial score (nSPS) is 17.1. The van der Waals surface area contributed by atoms with Gasteiger partial charge in [-0.15, -0.1) is 0 Å². The Labute approximate surface area is 194 Å². The number of phenols is 1. The van der Waals surface area contributed by atoms with E-state index in [1.54, 1.807) is 0 Å². The topological polar surface area (TPSA) is 78.4 Å². The molecule has 3 N–H and O–H groups in total. The van der Waals surface area contributed by atoms with Gasteiger partial charge in [0.25, 0.3) is 0 Å². The lowest BCUT2D eigenvalue weighted by Crippen LogP contribution is -2.58. The lowest BCUT2D eigenvalue weighted by Gasteiger charge is -2.30. The number of aryl methyl sites for hydroxylation is 1. The minimum atomic E-state index is -0.901. The molecule has 1 saturated carbocycles. The summed E-state index contributed by atoms with van der Waals surface area (Å²) in [6.45, 7) is 16.2. The fourth-order valence-electron chi connectivity index (χ4n) is 4.33. The van der Waals surface area contributed by atoms with Crippen LogP contribution in [0.5, 0.6) is 5.75 Å². The van der Waals surface area contributed by atoms with Crippen molar-refractivity contribution in [2.24, 2.45) is 0 Å². The maximum Gasteiger partial charge on any atom is 0.245 e. The summed E-state index contributed by atoms with van der Waals surface area (Å²) in [7, 11) is 0. The molecule has 5 nitrogen and oxygen atoms in total. The van der Waals surface area contributed by atoms with Crippen molar-refractivity contribution in [3.05, 3.63) is 28.8 Å². The van der Waals surface area contributed by atoms with Crippen molar-refractivity contribution in [1.29, 1.82) is 0 Å². The number of hydrogen-bond acceptors (Lipinski definition) is 3. The van der Waals surface area contributed by atoms with Crippen molar-refractivity contribution in [2.45, 2.75) is 123 Å². The Hall–Kier alpha value is -2.04. The zero-order valence-electron chi connectivity index (χ0n) is 21.4. The summed E-state index contributed by atoms with van der Waals surface area (Å²) in [4.78, 5) is 25.7. The maximum atomic E-state index is 12.9. The molecule has 1 aromatic carbocycles. The molecule has 1 atom stereocenters. The Morgan fingerprint density at radius 1 is 0.969 bits per heavy atom. The number of phenolic OH excluding ortho intramolecular Hbond substituents is 1. The summed E-state index contributed by atoms with van der Waals surface area (Å²) in [5, 5.41) is 17.0. The molecule has 0 heterocycles. The second-order valence-electron chi connectivity index (χ2n) is 11.7. The molecule has 0 aliphatic heterocycles. The highest BCUT2D eigenvalue weighted by molar-refractivity contribution is 5.91. The molecule has 0 spiro atoms. The van der Waals surface area contributed by atoms with Gasteiger partial charge >= 0.3 is 0 Å². The number of carbonyl (C=O) groups is 2. The molecule has 0 saturated heterocycles. The minimum absolute atomic E-state index is 0.0880. The standard InChI is InChI=1S/C27H44N2O3/c1-9-27(8,24(32)28-19-12-10-11-13-19)29-22(30)15-14-18-16-20(25(2,3)4)23(31)21(17-18)26(5,6)7/h16-17,19,31H,9-15H2,1-8H3,(H,28,32)(H,29,30). The number of benzene rings is 1. The number of nitrogens with one attached hydrogen (secondary N) is 2. The van der Waals surface area contributed by atoms with Gasteiger partial charge < -0.3 is 15.7 Å². The fourth-order valence-corrected chi connectivity index (χ4v) is 4.33. The SMILES string of the molecule is CCC(C)(NC(=O)CCc1cc(C(C)(C)C)c(O)c(C(C)(C)C)c1)C(=O)NC1CCCC1. The third kappa shape index (κ3) is 6.49. The van der Waals surface area contributed by atoms with Crippen molar-refractivity contribution in [2.75, 3.05) is 0 Å². The van der Waals surface area contributed by atoms with Crippen LogP contribution in [0.25, 0.3) is 0 Å². The van der Waals surface area contributed by atoms with Gasteiger partial charge in [-0.3, -0.25) is 9.59 Å². The summed E-state index contributed by atoms with van der Waals surface area (Å²) >= 11 is 0. The van der Waals surface area contributed by atoms with Crippen LogP contribution >= 0.6 is 0 Å². The molecule has 0 aromatic heterocycles. The van der Waals surface area contributed by atoms with Gasteiger partial charge in [0.15, 0.2) is 0 Å². The van der Waals surface area contributed by atoms with E-state index >= 15 is 0 Å². The van der Waals surface area contributed by atoms with Crippen molar-refractivity contribution in [1.82, 2.24) is 10.6 Å². The lowest BCUT2D eigenvalue weighted by atomic mass is 9.78. The summed E-state index contributed by atoms with van der Waals surface area (Å²) in [6.07, 6.45) is 5.74. The zero-order valence-corrected chi connectivity index (χ0v) is 21.4. The Morgan fingerprint density at radius 2 is 1.47 bits per heavy atom. The molecule has 32 heavy (non-hydrogen) atoms. The van der Waals surface area contributed by atoms with Gasteiger partial charge in [-0.05, 0) is 60.1 Å². The Kier molecular flexibility index (Phi) is 8.06. The first kappa shape index (κ1) is 26.2. The first-order valence-corrected chi connectivity index (χ1v) is 12.2. The highest BCUT2D eigenvalue weighted by atomic mass is 16.3. The van der Waals surface area contributed by atoms with E-state index in [9.17, 15) is 14.7 Å². The largest absolute Gasteiger partial charge is 0.507 e. The molecular weight excluding hydrogens is 400 g/mol. The van der Waals surface area contributed by atoms with Gasteiger partial charge in [0.1, 0.15) is 11.3 Å². The number of hydrogen-bond donors (Lipinski definition) is 3. The Balaban J connectivity index is 2.13. The van der Waals surface area contributed by atoms with Gasteiger partial charge in [0.2, 0.25) is 11.8 Å². The number of rotatable bonds is 7. The minimum Gasteiger partial charge on any atom is -0.507 e. The molecule has 0 radical (unpaired) electrons. The predicted octanol–water partition coefficient (Wildman–Crippen LogP) is 5.26. The van der Waals surface area contributed by atoms with Crippen LogP contribution in [0, 0.1) is 0 Å². The van der Waals surface area contributed by atoms with E-state index in [-0.39, 0.29) is 28.7 Å². The molecule has 1 fully saturated rings. The average molecular weight is 445 g/mol. The Bertz CT molecular complexity index is 791. The van der Waals surface area contributed by atoms with Crippen LogP contribution in [-0.2, 0) is 26.8 Å². The van der Waals surface area contributed by atoms with Crippen LogP contribution in [0.3, 0.4) is 0 Å². The van der Waals surface area contributed by atoms with Gasteiger partial charge in [0, 0.05) is 12.5 Å². The van der Waals surface area contributed by atoms with Crippen molar-refractivity contribution in [3.63, 3.8) is 0 Å². The Morgan fingerprint density at radius 3 is 1.91 bits per heavy atom. The third-order valence-electron chi connectivity index (χ3n) is 6.74. The summed E-state index contributed by atoms with van der Waals surface area (Å²) < 4.78 is 0. The predicted molar refractivity (Wildman–Crippen MR) is 131 cm³/mol. The van der Waals surface area contributed by atoms with Crippen LogP contribution in [0.15, 0.2) is 12.1 Å². The zero-order chi connectivity index (χ0) is 24.3. The highest BCUT2D eigenvalue weighted by Crippen LogP contribution is 2.40. The molecule has 5 heteroatoms. The van der Waals surface area contributed by atoms with Crippen LogP contribution in [0.4, 0.5) is 0 Å². The van der Waals surface area contributed by atoms with E-state index in [1.807, 2.05) is 26.0 Å². The van der Waals surface area contributed by atoms with Crippen molar-refractivity contribution in [3.8, 4) is 5.75 Å². The fraction of sp³-hybridized carbons (Fsp3) is 0.704. The maximum absolute atomic E-state index is 12.9. The highest BCUT2D eigenvalue weighted by Gasteiger charge is 2.34. The molecule has 1 aromatic rings. The van der Waals surface area contributed by atoms with E-state index in [2.05, 4.69) is 52.2 Å². The number of aromatic hydroxyl groups is 1. The van der Waals surface area contributed by atoms with Gasteiger partial charge in [-0.1, -0.05) is 73.4 Å². The molecule has 1 unspecified atom stereocenters. The molecule has 1 aliphatic rings. The molecule has 1 aliphatic carbocycles. The van der Waals surface area contributed by atoms with Gasteiger partial charge in [-0.25, -0.2) is 0 Å². The van der Waals surface area contributed by atoms with Crippen molar-refractivity contribution >= 4 is 11.8 Å². The van der Waals surface area contributed by atoms with Crippen LogP contribution < -0.4 is 10.6 Å². The van der Waals surface area contributed by atoms with E-state index in [0.29, 0.717) is 25.0 Å². The van der Waals surface area contributed by atoms with Crippen LogP contribution in [-0.4, -0.2) is 28.5 Å². The second-order valence-corrected chi connectivity index (χ2v) is 11.7. The number of amides is 2. The van der Waals surface area contributed by atoms with Gasteiger partial charge in [0.05, 0.1) is 0 Å².